The Labute approximate surface area is 137 Å². The van der Waals surface area contributed by atoms with Crippen LogP contribution in [0.3, 0.4) is 0 Å². The van der Waals surface area contributed by atoms with E-state index in [1.165, 1.54) is 0 Å². The van der Waals surface area contributed by atoms with Gasteiger partial charge in [-0.3, -0.25) is 4.79 Å². The summed E-state index contributed by atoms with van der Waals surface area (Å²) in [6.45, 7) is 3.47. The van der Waals surface area contributed by atoms with Crippen molar-refractivity contribution in [3.63, 3.8) is 0 Å². The number of carbonyl (C=O) groups is 2. The number of nitrogens with zero attached hydrogens (tertiary/aromatic N) is 2. The molecule has 22 heavy (non-hydrogen) atoms. The van der Waals surface area contributed by atoms with E-state index in [-0.39, 0.29) is 28.4 Å². The molecule has 0 amide bonds. The average molecular weight is 348 g/mol. The number of Topliss-reactive ketones (excluding diaryl/α,β-unsaturated/α-hetero) is 1. The van der Waals surface area contributed by atoms with Crippen molar-refractivity contribution in [1.82, 2.24) is 15.5 Å². The van der Waals surface area contributed by atoms with Crippen molar-refractivity contribution in [3.8, 4) is 0 Å². The Hall–Kier alpha value is -1.70. The third-order valence-corrected chi connectivity index (χ3v) is 3.35. The summed E-state index contributed by atoms with van der Waals surface area (Å²) >= 11 is 11.4. The second kappa shape index (κ2) is 8.07. The van der Waals surface area contributed by atoms with E-state index in [1.807, 2.05) is 13.8 Å². The number of halogens is 2. The molecular formula is C13H15Cl2N3O4. The van der Waals surface area contributed by atoms with Crippen LogP contribution in [-0.4, -0.2) is 44.8 Å². The Morgan fingerprint density at radius 1 is 1.36 bits per heavy atom. The van der Waals surface area contributed by atoms with Crippen LogP contribution in [0.15, 0.2) is 17.8 Å². The molecule has 9 heteroatoms. The van der Waals surface area contributed by atoms with Gasteiger partial charge in [-0.25, -0.2) is 4.79 Å². The van der Waals surface area contributed by atoms with E-state index in [4.69, 9.17) is 23.2 Å². The molecule has 0 radical (unpaired) electrons. The Kier molecular flexibility index (Phi) is 6.73. The highest BCUT2D eigenvalue weighted by Crippen LogP contribution is 2.19. The van der Waals surface area contributed by atoms with Crippen LogP contribution >= 0.6 is 23.2 Å². The Balaban J connectivity index is 3.12. The molecular weight excluding hydrogens is 333 g/mol. The zero-order chi connectivity index (χ0) is 16.9. The minimum absolute atomic E-state index is 0.0343. The monoisotopic (exact) mass is 347 g/mol. The number of hydrogen-bond acceptors (Lipinski definition) is 6. The molecule has 1 heterocycles. The van der Waals surface area contributed by atoms with Gasteiger partial charge in [0.05, 0.1) is 18.2 Å². The van der Waals surface area contributed by atoms with Crippen LogP contribution in [0.1, 0.15) is 24.2 Å². The summed E-state index contributed by atoms with van der Waals surface area (Å²) in [4.78, 5) is 23.5. The third-order valence-electron chi connectivity index (χ3n) is 2.88. The second-order valence-electron chi connectivity index (χ2n) is 4.76. The molecule has 1 unspecified atom stereocenters. The average Bonchev–Trinajstić information content (AvgIpc) is 2.44. The van der Waals surface area contributed by atoms with Crippen LogP contribution in [-0.2, 0) is 4.79 Å². The van der Waals surface area contributed by atoms with E-state index in [2.05, 4.69) is 15.5 Å². The minimum atomic E-state index is -1.44. The van der Waals surface area contributed by atoms with Crippen molar-refractivity contribution in [3.05, 3.63) is 33.7 Å². The number of carbonyl (C=O) groups excluding carboxylic acids is 1. The number of aliphatic hydroxyl groups is 1. The number of carboxylic acids is 1. The quantitative estimate of drug-likeness (QED) is 0.296. The zero-order valence-corrected chi connectivity index (χ0v) is 13.4. The van der Waals surface area contributed by atoms with Crippen molar-refractivity contribution in [2.45, 2.75) is 19.9 Å². The lowest BCUT2D eigenvalue weighted by Gasteiger charge is -2.18. The molecule has 0 aliphatic heterocycles. The largest absolute Gasteiger partial charge is 0.477 e. The summed E-state index contributed by atoms with van der Waals surface area (Å²) in [6, 6.07) is 0.749. The lowest BCUT2D eigenvalue weighted by Crippen LogP contribution is -2.34. The van der Waals surface area contributed by atoms with E-state index < -0.39 is 23.4 Å². The van der Waals surface area contributed by atoms with Gasteiger partial charge in [0.25, 0.3) is 0 Å². The second-order valence-corrected chi connectivity index (χ2v) is 5.51. The summed E-state index contributed by atoms with van der Waals surface area (Å²) in [7, 11) is 0. The molecule has 0 spiro atoms. The summed E-state index contributed by atoms with van der Waals surface area (Å²) in [5, 5.41) is 27.7. The number of aliphatic carboxylic acids is 1. The Bertz CT molecular complexity index is 605. The maximum atomic E-state index is 12.3. The highest BCUT2D eigenvalue weighted by Gasteiger charge is 2.23. The molecule has 0 bridgehead atoms. The van der Waals surface area contributed by atoms with Crippen molar-refractivity contribution >= 4 is 35.0 Å². The molecule has 0 aliphatic rings. The first kappa shape index (κ1) is 18.3. The van der Waals surface area contributed by atoms with Gasteiger partial charge in [-0.1, -0.05) is 37.0 Å². The van der Waals surface area contributed by atoms with E-state index in [1.54, 1.807) is 0 Å². The lowest BCUT2D eigenvalue weighted by molar-refractivity contribution is -0.132. The van der Waals surface area contributed by atoms with Gasteiger partial charge >= 0.3 is 5.97 Å². The molecule has 0 fully saturated rings. The molecule has 120 valence electrons. The van der Waals surface area contributed by atoms with Gasteiger partial charge in [0.1, 0.15) is 5.57 Å². The minimum Gasteiger partial charge on any atom is -0.477 e. The summed E-state index contributed by atoms with van der Waals surface area (Å²) in [5.41, 5.74) is -0.715. The molecule has 1 rings (SSSR count). The summed E-state index contributed by atoms with van der Waals surface area (Å²) in [6.07, 6.45) is 1.04. The van der Waals surface area contributed by atoms with Crippen LogP contribution in [0.4, 0.5) is 0 Å². The standard InChI is InChI=1S/C13H15Cl2N3O4/c1-6(2)9(5-19)16-4-8(13(21)22)11(20)7-3-10(14)17-18-12(7)15/h3-4,6,9,16,19H,5H2,1-2H3,(H,21,22). The first-order valence-corrected chi connectivity index (χ1v) is 7.07. The fourth-order valence-electron chi connectivity index (χ4n) is 1.53. The number of aromatic nitrogens is 2. The normalized spacial score (nSPS) is 13.1. The van der Waals surface area contributed by atoms with E-state index in [0.29, 0.717) is 0 Å². The van der Waals surface area contributed by atoms with E-state index in [0.717, 1.165) is 12.3 Å². The Morgan fingerprint density at radius 3 is 2.50 bits per heavy atom. The van der Waals surface area contributed by atoms with Crippen molar-refractivity contribution in [2.24, 2.45) is 5.92 Å². The van der Waals surface area contributed by atoms with Gasteiger partial charge in [-0.15, -0.1) is 10.2 Å². The number of rotatable bonds is 7. The van der Waals surface area contributed by atoms with Crippen LogP contribution < -0.4 is 5.32 Å². The van der Waals surface area contributed by atoms with Crippen LogP contribution in [0.5, 0.6) is 0 Å². The highest BCUT2D eigenvalue weighted by atomic mass is 35.5. The Morgan fingerprint density at radius 2 is 2.00 bits per heavy atom. The molecule has 1 aromatic rings. The topological polar surface area (TPSA) is 112 Å². The highest BCUT2D eigenvalue weighted by molar-refractivity contribution is 6.36. The van der Waals surface area contributed by atoms with Crippen molar-refractivity contribution < 1.29 is 19.8 Å². The number of aliphatic hydroxyl groups excluding tert-OH is 1. The smallest absolute Gasteiger partial charge is 0.341 e. The molecule has 0 aliphatic carbocycles. The third kappa shape index (κ3) is 4.66. The fourth-order valence-corrected chi connectivity index (χ4v) is 1.85. The summed E-state index contributed by atoms with van der Waals surface area (Å²) in [5.74, 6) is -2.27. The number of carboxylic acid groups (broad SMARTS) is 1. The number of ketones is 1. The molecule has 3 N–H and O–H groups in total. The molecule has 0 aromatic carbocycles. The van der Waals surface area contributed by atoms with Crippen LogP contribution in [0, 0.1) is 5.92 Å². The number of hydrogen-bond donors (Lipinski definition) is 3. The van der Waals surface area contributed by atoms with Crippen molar-refractivity contribution in [2.75, 3.05) is 6.61 Å². The van der Waals surface area contributed by atoms with Gasteiger partial charge in [0.2, 0.25) is 5.78 Å². The SMILES string of the molecule is CC(C)C(CO)NC=C(C(=O)O)C(=O)c1cc(Cl)nnc1Cl. The summed E-state index contributed by atoms with van der Waals surface area (Å²) < 4.78 is 0. The van der Waals surface area contributed by atoms with Gasteiger partial charge < -0.3 is 15.5 Å². The predicted octanol–water partition coefficient (Wildman–Crippen LogP) is 1.54. The van der Waals surface area contributed by atoms with Gasteiger partial charge in [-0.05, 0) is 12.0 Å². The van der Waals surface area contributed by atoms with Gasteiger partial charge in [-0.2, -0.15) is 0 Å². The zero-order valence-electron chi connectivity index (χ0n) is 11.9. The predicted molar refractivity (Wildman–Crippen MR) is 80.9 cm³/mol. The van der Waals surface area contributed by atoms with Crippen LogP contribution in [0.25, 0.3) is 0 Å². The number of nitrogens with one attached hydrogen (secondary N) is 1. The molecule has 0 saturated heterocycles. The van der Waals surface area contributed by atoms with Gasteiger partial charge in [0, 0.05) is 6.20 Å². The molecule has 0 saturated carbocycles. The fraction of sp³-hybridized carbons (Fsp3) is 0.385. The first-order chi connectivity index (χ1) is 10.3. The van der Waals surface area contributed by atoms with Gasteiger partial charge in [0.15, 0.2) is 10.3 Å². The lowest BCUT2D eigenvalue weighted by atomic mass is 10.0. The van der Waals surface area contributed by atoms with Crippen LogP contribution in [0.2, 0.25) is 10.3 Å². The maximum absolute atomic E-state index is 12.3. The van der Waals surface area contributed by atoms with Crippen molar-refractivity contribution in [1.29, 1.82) is 0 Å². The molecule has 1 atom stereocenters. The molecule has 1 aromatic heterocycles. The van der Waals surface area contributed by atoms with E-state index in [9.17, 15) is 19.8 Å². The molecule has 7 nitrogen and oxygen atoms in total. The first-order valence-electron chi connectivity index (χ1n) is 6.31. The maximum Gasteiger partial charge on any atom is 0.341 e. The van der Waals surface area contributed by atoms with E-state index >= 15 is 0 Å².